The highest BCUT2D eigenvalue weighted by Crippen LogP contribution is 2.12. The number of aliphatic carboxylic acids is 3. The molecule has 4 atom stereocenters. The van der Waals surface area contributed by atoms with E-state index in [4.69, 9.17) is 16.6 Å². The molecule has 4 unspecified atom stereocenters. The van der Waals surface area contributed by atoms with E-state index in [-0.39, 0.29) is 18.6 Å². The van der Waals surface area contributed by atoms with E-state index in [2.05, 4.69) is 10.6 Å². The molecule has 0 aliphatic rings. The number of hydrogen-bond acceptors (Lipinski definition) is 9. The zero-order valence-corrected chi connectivity index (χ0v) is 21.2. The maximum absolute atomic E-state index is 13.2. The maximum atomic E-state index is 13.2. The molecular formula is C24H35N5O10. The van der Waals surface area contributed by atoms with Gasteiger partial charge in [0.1, 0.15) is 23.9 Å². The Morgan fingerprint density at radius 1 is 0.744 bits per heavy atom. The number of phenols is 1. The van der Waals surface area contributed by atoms with Crippen LogP contribution in [-0.4, -0.2) is 86.8 Å². The highest BCUT2D eigenvalue weighted by atomic mass is 16.4. The minimum Gasteiger partial charge on any atom is -0.508 e. The van der Waals surface area contributed by atoms with Gasteiger partial charge >= 0.3 is 17.9 Å². The molecule has 1 aromatic carbocycles. The average Bonchev–Trinajstić information content (AvgIpc) is 2.86. The Balaban J connectivity index is 3.11. The third-order valence-corrected chi connectivity index (χ3v) is 5.59. The number of benzene rings is 1. The number of amides is 3. The van der Waals surface area contributed by atoms with Crippen molar-refractivity contribution in [1.82, 2.24) is 16.0 Å². The molecule has 0 saturated heterocycles. The molecule has 1 rings (SSSR count). The van der Waals surface area contributed by atoms with Gasteiger partial charge in [0.05, 0.1) is 12.5 Å². The van der Waals surface area contributed by atoms with Gasteiger partial charge in [-0.1, -0.05) is 18.6 Å². The molecule has 0 aliphatic carbocycles. The van der Waals surface area contributed by atoms with Gasteiger partial charge in [-0.25, -0.2) is 4.79 Å². The lowest BCUT2D eigenvalue weighted by Crippen LogP contribution is -2.58. The Morgan fingerprint density at radius 2 is 1.31 bits per heavy atom. The summed E-state index contributed by atoms with van der Waals surface area (Å²) in [5, 5.41) is 43.6. The fourth-order valence-corrected chi connectivity index (χ4v) is 3.45. The van der Waals surface area contributed by atoms with Crippen LogP contribution in [0, 0.1) is 0 Å². The molecule has 0 spiro atoms. The number of carboxylic acid groups (broad SMARTS) is 3. The van der Waals surface area contributed by atoms with Crippen LogP contribution in [0.1, 0.15) is 44.1 Å². The van der Waals surface area contributed by atoms with E-state index in [1.54, 1.807) is 0 Å². The van der Waals surface area contributed by atoms with Crippen molar-refractivity contribution in [1.29, 1.82) is 0 Å². The summed E-state index contributed by atoms with van der Waals surface area (Å²) in [5.41, 5.74) is 11.9. The first-order valence-electron chi connectivity index (χ1n) is 12.1. The van der Waals surface area contributed by atoms with Crippen LogP contribution < -0.4 is 27.4 Å². The number of nitrogens with one attached hydrogen (secondary N) is 3. The highest BCUT2D eigenvalue weighted by molar-refractivity contribution is 5.95. The van der Waals surface area contributed by atoms with Crippen molar-refractivity contribution in [2.45, 2.75) is 69.1 Å². The topological polar surface area (TPSA) is 271 Å². The summed E-state index contributed by atoms with van der Waals surface area (Å²) in [6, 6.07) is -0.0123. The van der Waals surface area contributed by atoms with Crippen LogP contribution in [0.4, 0.5) is 0 Å². The number of phenolic OH excluding ortho intramolecular Hbond substituents is 1. The van der Waals surface area contributed by atoms with Gasteiger partial charge in [-0.05, 0) is 43.5 Å². The fraction of sp³-hybridized carbons (Fsp3) is 0.500. The summed E-state index contributed by atoms with van der Waals surface area (Å²) in [6.45, 7) is 0.409. The smallest absolute Gasteiger partial charge is 0.326 e. The van der Waals surface area contributed by atoms with Gasteiger partial charge in [-0.3, -0.25) is 24.0 Å². The molecule has 3 amide bonds. The molecule has 0 fully saturated rings. The molecule has 0 aliphatic heterocycles. The van der Waals surface area contributed by atoms with Crippen molar-refractivity contribution in [3.63, 3.8) is 0 Å². The highest BCUT2D eigenvalue weighted by Gasteiger charge is 2.32. The molecule has 15 heteroatoms. The average molecular weight is 554 g/mol. The summed E-state index contributed by atoms with van der Waals surface area (Å²) < 4.78 is 0. The van der Waals surface area contributed by atoms with Crippen LogP contribution >= 0.6 is 0 Å². The molecule has 39 heavy (non-hydrogen) atoms. The Hall–Kier alpha value is -4.24. The van der Waals surface area contributed by atoms with Crippen molar-refractivity contribution >= 4 is 35.6 Å². The molecule has 11 N–H and O–H groups in total. The zero-order chi connectivity index (χ0) is 29.5. The predicted octanol–water partition coefficient (Wildman–Crippen LogP) is -1.73. The van der Waals surface area contributed by atoms with Crippen LogP contribution in [0.2, 0.25) is 0 Å². The Kier molecular flexibility index (Phi) is 13.9. The summed E-state index contributed by atoms with van der Waals surface area (Å²) in [6.07, 6.45) is -0.632. The molecule has 216 valence electrons. The van der Waals surface area contributed by atoms with Gasteiger partial charge < -0.3 is 47.8 Å². The Bertz CT molecular complexity index is 1020. The second-order valence-corrected chi connectivity index (χ2v) is 8.81. The third kappa shape index (κ3) is 12.7. The first-order chi connectivity index (χ1) is 18.3. The molecule has 15 nitrogen and oxygen atoms in total. The van der Waals surface area contributed by atoms with E-state index < -0.39 is 79.1 Å². The second kappa shape index (κ2) is 16.6. The lowest BCUT2D eigenvalue weighted by molar-refractivity contribution is -0.144. The maximum Gasteiger partial charge on any atom is 0.326 e. The van der Waals surface area contributed by atoms with Crippen molar-refractivity contribution in [2.75, 3.05) is 6.54 Å². The van der Waals surface area contributed by atoms with Gasteiger partial charge in [0.25, 0.3) is 0 Å². The minimum absolute atomic E-state index is 0.0419. The number of rotatable bonds is 18. The zero-order valence-electron chi connectivity index (χ0n) is 21.2. The van der Waals surface area contributed by atoms with Crippen LogP contribution in [0.25, 0.3) is 0 Å². The standard InChI is InChI=1S/C24H35N5O10/c25-10-2-1-3-15(26)21(35)28-17(11-13-4-6-14(30)7-5-13)22(36)29-18(12-20(33)34)23(37)27-16(24(38)39)8-9-19(31)32/h4-7,15-18,30H,1-3,8-12,25-26H2,(H,27,37)(H,28,35)(H,29,36)(H,31,32)(H,33,34)(H,38,39). The summed E-state index contributed by atoms with van der Waals surface area (Å²) in [7, 11) is 0. The van der Waals surface area contributed by atoms with Gasteiger partial charge in [0, 0.05) is 12.8 Å². The van der Waals surface area contributed by atoms with E-state index in [0.717, 1.165) is 0 Å². The number of carbonyl (C=O) groups excluding carboxylic acids is 3. The lowest BCUT2D eigenvalue weighted by Gasteiger charge is -2.24. The molecule has 1 aromatic rings. The quantitative estimate of drug-likeness (QED) is 0.0917. The van der Waals surface area contributed by atoms with Crippen molar-refractivity contribution < 1.29 is 49.2 Å². The third-order valence-electron chi connectivity index (χ3n) is 5.59. The predicted molar refractivity (Wildman–Crippen MR) is 135 cm³/mol. The largest absolute Gasteiger partial charge is 0.508 e. The van der Waals surface area contributed by atoms with Crippen LogP contribution in [-0.2, 0) is 35.2 Å². The monoisotopic (exact) mass is 553 g/mol. The Labute approximate surface area is 223 Å². The number of hydrogen-bond donors (Lipinski definition) is 9. The van der Waals surface area contributed by atoms with E-state index in [0.29, 0.717) is 24.9 Å². The number of carboxylic acids is 3. The lowest BCUT2D eigenvalue weighted by atomic mass is 10.0. The fourth-order valence-electron chi connectivity index (χ4n) is 3.45. The molecule has 0 saturated carbocycles. The molecule has 0 bridgehead atoms. The number of aromatic hydroxyl groups is 1. The van der Waals surface area contributed by atoms with Crippen LogP contribution in [0.3, 0.4) is 0 Å². The van der Waals surface area contributed by atoms with Crippen LogP contribution in [0.5, 0.6) is 5.75 Å². The van der Waals surface area contributed by atoms with Crippen molar-refractivity contribution in [3.8, 4) is 5.75 Å². The summed E-state index contributed by atoms with van der Waals surface area (Å²) in [4.78, 5) is 72.1. The number of carbonyl (C=O) groups is 6. The van der Waals surface area contributed by atoms with E-state index in [1.807, 2.05) is 5.32 Å². The van der Waals surface area contributed by atoms with Gasteiger partial charge in [0.2, 0.25) is 17.7 Å². The van der Waals surface area contributed by atoms with E-state index in [1.165, 1.54) is 24.3 Å². The van der Waals surface area contributed by atoms with Gasteiger partial charge in [-0.2, -0.15) is 0 Å². The van der Waals surface area contributed by atoms with Crippen LogP contribution in [0.15, 0.2) is 24.3 Å². The molecule has 0 heterocycles. The minimum atomic E-state index is -1.75. The molecule has 0 radical (unpaired) electrons. The van der Waals surface area contributed by atoms with Crippen molar-refractivity contribution in [3.05, 3.63) is 29.8 Å². The summed E-state index contributed by atoms with van der Waals surface area (Å²) in [5.74, 6) is -7.19. The Morgan fingerprint density at radius 3 is 1.85 bits per heavy atom. The number of nitrogens with two attached hydrogens (primary N) is 2. The first-order valence-corrected chi connectivity index (χ1v) is 12.1. The second-order valence-electron chi connectivity index (χ2n) is 8.81. The van der Waals surface area contributed by atoms with E-state index >= 15 is 0 Å². The normalized spacial score (nSPS) is 13.8. The molecule has 0 aromatic heterocycles. The van der Waals surface area contributed by atoms with Gasteiger partial charge in [0.15, 0.2) is 0 Å². The summed E-state index contributed by atoms with van der Waals surface area (Å²) >= 11 is 0. The SMILES string of the molecule is NCCCCC(N)C(=O)NC(Cc1ccc(O)cc1)C(=O)NC(CC(=O)O)C(=O)NC(CCC(=O)O)C(=O)O. The number of unbranched alkanes of at least 4 members (excludes halogenated alkanes) is 1. The van der Waals surface area contributed by atoms with E-state index in [9.17, 15) is 44.1 Å². The first kappa shape index (κ1) is 32.8. The van der Waals surface area contributed by atoms with Crippen molar-refractivity contribution in [2.24, 2.45) is 11.5 Å². The molecular weight excluding hydrogens is 518 g/mol. The van der Waals surface area contributed by atoms with Gasteiger partial charge in [-0.15, -0.1) is 0 Å².